The Hall–Kier alpha value is -2.51. The fraction of sp³-hybridized carbons (Fsp3) is 0.333. The zero-order chi connectivity index (χ0) is 20.4. The van der Waals surface area contributed by atoms with Gasteiger partial charge >= 0.3 is 0 Å². The molecule has 3 heterocycles. The van der Waals surface area contributed by atoms with Gasteiger partial charge in [0.1, 0.15) is 17.3 Å². The fourth-order valence-corrected chi connectivity index (χ4v) is 4.22. The van der Waals surface area contributed by atoms with Crippen molar-refractivity contribution < 1.29 is 0 Å². The zero-order valence-electron chi connectivity index (χ0n) is 16.4. The first-order chi connectivity index (χ1) is 14.0. The van der Waals surface area contributed by atoms with Crippen molar-refractivity contribution in [2.75, 3.05) is 29.9 Å². The smallest absolute Gasteiger partial charge is 0.173 e. The number of piperazine rings is 1. The van der Waals surface area contributed by atoms with Crippen molar-refractivity contribution in [2.45, 2.75) is 19.9 Å². The number of nitrogens with zero attached hydrogens (tertiary/aromatic N) is 5. The van der Waals surface area contributed by atoms with Crippen molar-refractivity contribution in [3.63, 3.8) is 0 Å². The normalized spacial score (nSPS) is 17.0. The van der Waals surface area contributed by atoms with Gasteiger partial charge in [0.15, 0.2) is 5.11 Å². The molecule has 1 saturated heterocycles. The van der Waals surface area contributed by atoms with Gasteiger partial charge in [0.2, 0.25) is 0 Å². The monoisotopic (exact) mass is 426 g/mol. The molecule has 0 radical (unpaired) electrons. The van der Waals surface area contributed by atoms with Crippen LogP contribution in [-0.2, 0) is 0 Å². The Labute approximate surface area is 180 Å². The van der Waals surface area contributed by atoms with Crippen LogP contribution < -0.4 is 10.2 Å². The van der Waals surface area contributed by atoms with Gasteiger partial charge in [-0.05, 0) is 42.4 Å². The molecule has 1 atom stereocenters. The average Bonchev–Trinajstić information content (AvgIpc) is 2.73. The van der Waals surface area contributed by atoms with E-state index in [1.807, 2.05) is 30.3 Å². The summed E-state index contributed by atoms with van der Waals surface area (Å²) in [4.78, 5) is 17.3. The first-order valence-corrected chi connectivity index (χ1v) is 10.5. The second kappa shape index (κ2) is 8.47. The lowest BCUT2D eigenvalue weighted by molar-refractivity contribution is 0.227. The molecular weight excluding hydrogens is 404 g/mol. The van der Waals surface area contributed by atoms with Crippen LogP contribution in [0.3, 0.4) is 0 Å². The van der Waals surface area contributed by atoms with Crippen molar-refractivity contribution in [2.24, 2.45) is 5.92 Å². The Morgan fingerprint density at radius 3 is 2.83 bits per heavy atom. The van der Waals surface area contributed by atoms with E-state index in [9.17, 15) is 0 Å². The van der Waals surface area contributed by atoms with Crippen molar-refractivity contribution in [1.82, 2.24) is 19.9 Å². The molecule has 3 aromatic rings. The number of pyridine rings is 1. The van der Waals surface area contributed by atoms with E-state index < -0.39 is 0 Å². The summed E-state index contributed by atoms with van der Waals surface area (Å²) in [6.07, 6.45) is 3.31. The number of thiocarbonyl (C=S) groups is 1. The van der Waals surface area contributed by atoms with Crippen LogP contribution >= 0.6 is 23.8 Å². The summed E-state index contributed by atoms with van der Waals surface area (Å²) in [5.41, 5.74) is 1.93. The van der Waals surface area contributed by atoms with Gasteiger partial charge in [-0.25, -0.2) is 9.97 Å². The molecule has 0 saturated carbocycles. The van der Waals surface area contributed by atoms with E-state index in [0.29, 0.717) is 11.1 Å². The van der Waals surface area contributed by atoms with Crippen LogP contribution in [-0.4, -0.2) is 50.6 Å². The molecular formula is C21H23ClN6S. The maximum Gasteiger partial charge on any atom is 0.173 e. The Balaban J connectivity index is 1.53. The van der Waals surface area contributed by atoms with Gasteiger partial charge in [-0.1, -0.05) is 31.5 Å². The maximum atomic E-state index is 6.06. The lowest BCUT2D eigenvalue weighted by atomic mass is 10.00. The summed E-state index contributed by atoms with van der Waals surface area (Å²) >= 11 is 11.9. The highest BCUT2D eigenvalue weighted by molar-refractivity contribution is 7.80. The molecule has 1 N–H and O–H groups in total. The number of fused-ring (bicyclic) bond motifs is 1. The van der Waals surface area contributed by atoms with E-state index in [-0.39, 0.29) is 6.04 Å². The van der Waals surface area contributed by atoms with E-state index in [2.05, 4.69) is 50.0 Å². The van der Waals surface area contributed by atoms with E-state index in [1.54, 1.807) is 6.20 Å². The summed E-state index contributed by atoms with van der Waals surface area (Å²) in [6.45, 7) is 6.88. The first kappa shape index (κ1) is 19.8. The number of nitrogens with one attached hydrogen (secondary N) is 1. The molecule has 0 bridgehead atoms. The number of hydrogen-bond acceptors (Lipinski definition) is 5. The fourth-order valence-electron chi connectivity index (χ4n) is 3.74. The van der Waals surface area contributed by atoms with Gasteiger partial charge in [0, 0.05) is 43.0 Å². The number of aromatic nitrogens is 3. The molecule has 1 unspecified atom stereocenters. The Morgan fingerprint density at radius 1 is 1.17 bits per heavy atom. The number of anilines is 2. The summed E-state index contributed by atoms with van der Waals surface area (Å²) < 4.78 is 0. The number of hydrogen-bond donors (Lipinski definition) is 1. The lowest BCUT2D eigenvalue weighted by Gasteiger charge is -2.45. The minimum Gasteiger partial charge on any atom is -0.353 e. The van der Waals surface area contributed by atoms with E-state index in [1.165, 1.54) is 6.33 Å². The van der Waals surface area contributed by atoms with Crippen LogP contribution in [0.1, 0.15) is 13.8 Å². The average molecular weight is 427 g/mol. The molecule has 0 amide bonds. The Morgan fingerprint density at radius 2 is 2.03 bits per heavy atom. The molecule has 150 valence electrons. The highest BCUT2D eigenvalue weighted by atomic mass is 35.5. The van der Waals surface area contributed by atoms with Crippen LogP contribution in [0.2, 0.25) is 5.15 Å². The van der Waals surface area contributed by atoms with E-state index >= 15 is 0 Å². The SMILES string of the molecule is CC(C)C1CN(c2cc(Cl)ncn2)CCN1C(=S)Nc1cccc2ncccc12. The quantitative estimate of drug-likeness (QED) is 0.497. The summed E-state index contributed by atoms with van der Waals surface area (Å²) in [7, 11) is 0. The molecule has 4 rings (SSSR count). The third kappa shape index (κ3) is 4.26. The van der Waals surface area contributed by atoms with Gasteiger partial charge in [-0.3, -0.25) is 4.98 Å². The number of rotatable bonds is 3. The van der Waals surface area contributed by atoms with E-state index in [0.717, 1.165) is 47.2 Å². The number of halogens is 1. The minimum atomic E-state index is 0.255. The highest BCUT2D eigenvalue weighted by Gasteiger charge is 2.31. The molecule has 29 heavy (non-hydrogen) atoms. The minimum absolute atomic E-state index is 0.255. The molecule has 0 spiro atoms. The van der Waals surface area contributed by atoms with Crippen LogP contribution in [0, 0.1) is 5.92 Å². The lowest BCUT2D eigenvalue weighted by Crippen LogP contribution is -2.58. The highest BCUT2D eigenvalue weighted by Crippen LogP contribution is 2.25. The third-order valence-electron chi connectivity index (χ3n) is 5.28. The van der Waals surface area contributed by atoms with Gasteiger partial charge in [-0.2, -0.15) is 0 Å². The zero-order valence-corrected chi connectivity index (χ0v) is 18.0. The van der Waals surface area contributed by atoms with Crippen LogP contribution in [0.4, 0.5) is 11.5 Å². The molecule has 1 fully saturated rings. The Bertz CT molecular complexity index is 1020. The van der Waals surface area contributed by atoms with Gasteiger partial charge in [0.25, 0.3) is 0 Å². The van der Waals surface area contributed by atoms with Crippen molar-refractivity contribution in [1.29, 1.82) is 0 Å². The molecule has 8 heteroatoms. The van der Waals surface area contributed by atoms with Crippen LogP contribution in [0.5, 0.6) is 0 Å². The van der Waals surface area contributed by atoms with E-state index in [4.69, 9.17) is 23.8 Å². The largest absolute Gasteiger partial charge is 0.353 e. The summed E-state index contributed by atoms with van der Waals surface area (Å²) in [5, 5.41) is 5.71. The van der Waals surface area contributed by atoms with Gasteiger partial charge < -0.3 is 15.1 Å². The van der Waals surface area contributed by atoms with Gasteiger partial charge in [0.05, 0.1) is 11.6 Å². The van der Waals surface area contributed by atoms with Gasteiger partial charge in [-0.15, -0.1) is 0 Å². The third-order valence-corrected chi connectivity index (χ3v) is 5.82. The van der Waals surface area contributed by atoms with Crippen molar-refractivity contribution in [3.05, 3.63) is 54.1 Å². The topological polar surface area (TPSA) is 57.2 Å². The second-order valence-corrected chi connectivity index (χ2v) is 8.23. The summed E-state index contributed by atoms with van der Waals surface area (Å²) in [6, 6.07) is 12.1. The molecule has 0 aliphatic carbocycles. The molecule has 1 aromatic carbocycles. The molecule has 2 aromatic heterocycles. The van der Waals surface area contributed by atoms with Crippen molar-refractivity contribution >= 4 is 51.3 Å². The molecule has 1 aliphatic heterocycles. The summed E-state index contributed by atoms with van der Waals surface area (Å²) in [5.74, 6) is 1.28. The predicted molar refractivity (Wildman–Crippen MR) is 123 cm³/mol. The second-order valence-electron chi connectivity index (χ2n) is 7.46. The predicted octanol–water partition coefficient (Wildman–Crippen LogP) is 4.22. The number of benzene rings is 1. The van der Waals surface area contributed by atoms with Crippen LogP contribution in [0.25, 0.3) is 10.9 Å². The molecule has 1 aliphatic rings. The standard InChI is InChI=1S/C21H23ClN6S/c1-14(2)18-12-27(20-11-19(22)24-13-25-20)9-10-28(18)21(29)26-17-7-3-6-16-15(17)5-4-8-23-16/h3-8,11,13-14,18H,9-10,12H2,1-2H3,(H,26,29). The Kier molecular flexibility index (Phi) is 5.78. The van der Waals surface area contributed by atoms with Crippen LogP contribution in [0.15, 0.2) is 48.9 Å². The van der Waals surface area contributed by atoms with Crippen molar-refractivity contribution in [3.8, 4) is 0 Å². The maximum absolute atomic E-state index is 6.06. The molecule has 6 nitrogen and oxygen atoms in total. The first-order valence-electron chi connectivity index (χ1n) is 9.67.